The molecule has 1 aromatic rings. The molecule has 1 heterocycles. The van der Waals surface area contributed by atoms with E-state index in [1.165, 1.54) is 0 Å². The average Bonchev–Trinajstić information content (AvgIpc) is 2.58. The maximum absolute atomic E-state index is 12.7. The Kier molecular flexibility index (Phi) is 4.42. The second-order valence-corrected chi connectivity index (χ2v) is 5.51. The number of carbonyl (C=O) groups is 2. The van der Waals surface area contributed by atoms with Crippen molar-refractivity contribution < 1.29 is 9.59 Å². The Labute approximate surface area is 120 Å². The zero-order valence-corrected chi connectivity index (χ0v) is 12.3. The Morgan fingerprint density at radius 3 is 2.80 bits per heavy atom. The van der Waals surface area contributed by atoms with Gasteiger partial charge < -0.3 is 10.2 Å². The largest absolute Gasteiger partial charge is 0.344 e. The van der Waals surface area contributed by atoms with E-state index in [1.54, 1.807) is 4.90 Å². The van der Waals surface area contributed by atoms with Crippen LogP contribution in [0.4, 0.5) is 5.69 Å². The highest BCUT2D eigenvalue weighted by Gasteiger charge is 2.33. The van der Waals surface area contributed by atoms with Gasteiger partial charge in [-0.15, -0.1) is 0 Å². The molecule has 0 spiro atoms. The topological polar surface area (TPSA) is 49.4 Å². The molecular formula is C16H22N2O2. The molecule has 1 N–H and O–H groups in total. The minimum atomic E-state index is -0.421. The Bertz CT molecular complexity index is 513. The lowest BCUT2D eigenvalue weighted by molar-refractivity contribution is -0.126. The monoisotopic (exact) mass is 274 g/mol. The molecule has 2 unspecified atom stereocenters. The lowest BCUT2D eigenvalue weighted by atomic mass is 9.98. The van der Waals surface area contributed by atoms with Crippen LogP contribution in [0.2, 0.25) is 0 Å². The van der Waals surface area contributed by atoms with Crippen LogP contribution in [-0.4, -0.2) is 24.4 Å². The number of rotatable bonds is 3. The molecule has 20 heavy (non-hydrogen) atoms. The van der Waals surface area contributed by atoms with E-state index in [0.29, 0.717) is 13.0 Å². The Morgan fingerprint density at radius 2 is 2.15 bits per heavy atom. The quantitative estimate of drug-likeness (QED) is 0.919. The van der Waals surface area contributed by atoms with Gasteiger partial charge in [0.05, 0.1) is 0 Å². The van der Waals surface area contributed by atoms with Gasteiger partial charge in [-0.3, -0.25) is 9.59 Å². The molecule has 4 heteroatoms. The molecule has 108 valence electrons. The lowest BCUT2D eigenvalue weighted by Gasteiger charge is -2.27. The number of benzene rings is 1. The summed E-state index contributed by atoms with van der Waals surface area (Å²) in [6.07, 6.45) is 1.21. The fourth-order valence-corrected chi connectivity index (χ4v) is 2.47. The molecule has 1 aliphatic heterocycles. The molecule has 2 atom stereocenters. The molecule has 1 aliphatic rings. The summed E-state index contributed by atoms with van der Waals surface area (Å²) >= 11 is 0. The Hall–Kier alpha value is -1.84. The van der Waals surface area contributed by atoms with Crippen molar-refractivity contribution in [2.75, 3.05) is 11.4 Å². The third kappa shape index (κ3) is 3.00. The summed E-state index contributed by atoms with van der Waals surface area (Å²) in [5.74, 6) is 0.0893. The molecule has 1 fully saturated rings. The maximum Gasteiger partial charge on any atom is 0.249 e. The third-order valence-electron chi connectivity index (χ3n) is 3.94. The molecule has 0 aromatic heterocycles. The predicted octanol–water partition coefficient (Wildman–Crippen LogP) is 2.26. The van der Waals surface area contributed by atoms with Gasteiger partial charge >= 0.3 is 0 Å². The summed E-state index contributed by atoms with van der Waals surface area (Å²) in [6, 6.07) is 7.43. The molecular weight excluding hydrogens is 252 g/mol. The first kappa shape index (κ1) is 14.6. The number of aryl methyl sites for hydroxylation is 1. The van der Waals surface area contributed by atoms with Crippen molar-refractivity contribution in [3.8, 4) is 0 Å². The minimum absolute atomic E-state index is 0.00389. The van der Waals surface area contributed by atoms with Gasteiger partial charge in [-0.1, -0.05) is 32.4 Å². The molecule has 2 rings (SSSR count). The van der Waals surface area contributed by atoms with Crippen molar-refractivity contribution in [3.05, 3.63) is 29.8 Å². The number of nitrogens with one attached hydrogen (secondary N) is 1. The molecule has 1 saturated heterocycles. The van der Waals surface area contributed by atoms with Gasteiger partial charge in [0.15, 0.2) is 0 Å². The standard InChI is InChI=1S/C16H22N2O2/c1-4-12(3)15-16(20)18(9-8-14(19)17-15)13-7-5-6-11(2)10-13/h5-7,10,12,15H,4,8-9H2,1-3H3,(H,17,19). The van der Waals surface area contributed by atoms with Gasteiger partial charge in [0.2, 0.25) is 11.8 Å². The van der Waals surface area contributed by atoms with Gasteiger partial charge in [-0.2, -0.15) is 0 Å². The summed E-state index contributed by atoms with van der Waals surface area (Å²) < 4.78 is 0. The molecule has 0 aliphatic carbocycles. The Morgan fingerprint density at radius 1 is 1.40 bits per heavy atom. The average molecular weight is 274 g/mol. The number of carbonyl (C=O) groups excluding carboxylic acids is 2. The van der Waals surface area contributed by atoms with Gasteiger partial charge in [0.1, 0.15) is 6.04 Å². The van der Waals surface area contributed by atoms with E-state index < -0.39 is 6.04 Å². The molecule has 2 amide bonds. The summed E-state index contributed by atoms with van der Waals surface area (Å²) in [7, 11) is 0. The van der Waals surface area contributed by atoms with Crippen LogP contribution in [0, 0.1) is 12.8 Å². The lowest BCUT2D eigenvalue weighted by Crippen LogP contribution is -2.48. The van der Waals surface area contributed by atoms with Gasteiger partial charge in [-0.05, 0) is 30.5 Å². The molecule has 4 nitrogen and oxygen atoms in total. The van der Waals surface area contributed by atoms with Crippen molar-refractivity contribution in [1.82, 2.24) is 5.32 Å². The summed E-state index contributed by atoms with van der Waals surface area (Å²) in [6.45, 7) is 6.48. The van der Waals surface area contributed by atoms with Crippen molar-refractivity contribution >= 4 is 17.5 Å². The first-order valence-electron chi connectivity index (χ1n) is 7.20. The number of amides is 2. The molecule has 1 aromatic carbocycles. The fraction of sp³-hybridized carbons (Fsp3) is 0.500. The SMILES string of the molecule is CCC(C)C1NC(=O)CCN(c2cccc(C)c2)C1=O. The van der Waals surface area contributed by atoms with E-state index in [1.807, 2.05) is 45.0 Å². The highest BCUT2D eigenvalue weighted by atomic mass is 16.2. The maximum atomic E-state index is 12.7. The van der Waals surface area contributed by atoms with Crippen LogP contribution < -0.4 is 10.2 Å². The number of nitrogens with zero attached hydrogens (tertiary/aromatic N) is 1. The second kappa shape index (κ2) is 6.07. The van der Waals surface area contributed by atoms with Crippen LogP contribution in [0.1, 0.15) is 32.3 Å². The van der Waals surface area contributed by atoms with Crippen molar-refractivity contribution in [3.63, 3.8) is 0 Å². The smallest absolute Gasteiger partial charge is 0.249 e. The zero-order valence-electron chi connectivity index (χ0n) is 12.3. The fourth-order valence-electron chi connectivity index (χ4n) is 2.47. The zero-order chi connectivity index (χ0) is 14.7. The number of hydrogen-bond donors (Lipinski definition) is 1. The van der Waals surface area contributed by atoms with E-state index in [0.717, 1.165) is 17.7 Å². The predicted molar refractivity (Wildman–Crippen MR) is 79.5 cm³/mol. The van der Waals surface area contributed by atoms with Gasteiger partial charge in [0, 0.05) is 18.7 Å². The van der Waals surface area contributed by atoms with Crippen molar-refractivity contribution in [1.29, 1.82) is 0 Å². The number of hydrogen-bond acceptors (Lipinski definition) is 2. The highest BCUT2D eigenvalue weighted by Crippen LogP contribution is 2.21. The molecule has 0 saturated carbocycles. The van der Waals surface area contributed by atoms with E-state index in [4.69, 9.17) is 0 Å². The van der Waals surface area contributed by atoms with Gasteiger partial charge in [-0.25, -0.2) is 0 Å². The highest BCUT2D eigenvalue weighted by molar-refractivity contribution is 6.01. The van der Waals surface area contributed by atoms with Crippen LogP contribution in [0.15, 0.2) is 24.3 Å². The molecule has 0 radical (unpaired) electrons. The minimum Gasteiger partial charge on any atom is -0.344 e. The first-order chi connectivity index (χ1) is 9.52. The van der Waals surface area contributed by atoms with Crippen LogP contribution >= 0.6 is 0 Å². The summed E-state index contributed by atoms with van der Waals surface area (Å²) in [4.78, 5) is 26.3. The second-order valence-electron chi connectivity index (χ2n) is 5.51. The normalized spacial score (nSPS) is 21.4. The van der Waals surface area contributed by atoms with Crippen LogP contribution in [-0.2, 0) is 9.59 Å². The first-order valence-corrected chi connectivity index (χ1v) is 7.20. The van der Waals surface area contributed by atoms with Crippen molar-refractivity contribution in [2.24, 2.45) is 5.92 Å². The number of anilines is 1. The van der Waals surface area contributed by atoms with E-state index >= 15 is 0 Å². The third-order valence-corrected chi connectivity index (χ3v) is 3.94. The summed E-state index contributed by atoms with van der Waals surface area (Å²) in [5, 5.41) is 2.86. The Balaban J connectivity index is 2.32. The van der Waals surface area contributed by atoms with E-state index in [-0.39, 0.29) is 17.7 Å². The van der Waals surface area contributed by atoms with Crippen LogP contribution in [0.25, 0.3) is 0 Å². The van der Waals surface area contributed by atoms with E-state index in [2.05, 4.69) is 5.32 Å². The van der Waals surface area contributed by atoms with Crippen LogP contribution in [0.3, 0.4) is 0 Å². The van der Waals surface area contributed by atoms with E-state index in [9.17, 15) is 9.59 Å². The molecule has 0 bridgehead atoms. The van der Waals surface area contributed by atoms with Crippen LogP contribution in [0.5, 0.6) is 0 Å². The van der Waals surface area contributed by atoms with Crippen molar-refractivity contribution in [2.45, 2.75) is 39.7 Å². The van der Waals surface area contributed by atoms with Gasteiger partial charge in [0.25, 0.3) is 0 Å². The summed E-state index contributed by atoms with van der Waals surface area (Å²) in [5.41, 5.74) is 1.98.